The van der Waals surface area contributed by atoms with E-state index in [4.69, 9.17) is 21.1 Å². The van der Waals surface area contributed by atoms with Crippen LogP contribution in [0.3, 0.4) is 0 Å². The van der Waals surface area contributed by atoms with Crippen molar-refractivity contribution in [1.29, 1.82) is 0 Å². The number of anilines is 1. The van der Waals surface area contributed by atoms with E-state index in [0.29, 0.717) is 47.4 Å². The molecule has 0 bridgehead atoms. The molecule has 3 aromatic rings. The van der Waals surface area contributed by atoms with Gasteiger partial charge in [-0.05, 0) is 65.6 Å². The summed E-state index contributed by atoms with van der Waals surface area (Å²) >= 11 is 6.14. The number of nitrogens with zero attached hydrogens (tertiary/aromatic N) is 1. The zero-order chi connectivity index (χ0) is 24.1. The first-order valence-corrected chi connectivity index (χ1v) is 11.3. The average Bonchev–Trinajstić information content (AvgIpc) is 2.87. The molecule has 8 heteroatoms. The van der Waals surface area contributed by atoms with E-state index in [1.807, 2.05) is 30.3 Å². The monoisotopic (exact) mass is 479 g/mol. The Bertz CT molecular complexity index is 1200. The molecule has 7 nitrogen and oxygen atoms in total. The van der Waals surface area contributed by atoms with Crippen LogP contribution < -0.4 is 20.1 Å². The first kappa shape index (κ1) is 23.4. The van der Waals surface area contributed by atoms with E-state index >= 15 is 0 Å². The second kappa shape index (κ2) is 10.5. The van der Waals surface area contributed by atoms with Crippen LogP contribution >= 0.6 is 11.6 Å². The van der Waals surface area contributed by atoms with E-state index in [9.17, 15) is 9.59 Å². The largest absolute Gasteiger partial charge is 0.493 e. The number of methoxy groups -OCH3 is 2. The molecule has 3 amide bonds. The molecule has 0 atom stereocenters. The summed E-state index contributed by atoms with van der Waals surface area (Å²) in [5.74, 6) is 1.12. The second-order valence-electron chi connectivity index (χ2n) is 7.93. The minimum atomic E-state index is -0.213. The van der Waals surface area contributed by atoms with Gasteiger partial charge in [-0.1, -0.05) is 29.8 Å². The summed E-state index contributed by atoms with van der Waals surface area (Å²) in [6, 6.07) is 17.9. The van der Waals surface area contributed by atoms with Crippen LogP contribution in [0.15, 0.2) is 60.7 Å². The van der Waals surface area contributed by atoms with E-state index in [-0.39, 0.29) is 11.9 Å². The molecule has 1 heterocycles. The van der Waals surface area contributed by atoms with Crippen molar-refractivity contribution >= 4 is 29.2 Å². The van der Waals surface area contributed by atoms with Crippen LogP contribution in [0, 0.1) is 0 Å². The molecule has 0 aliphatic carbocycles. The lowest BCUT2D eigenvalue weighted by Crippen LogP contribution is -2.38. The van der Waals surface area contributed by atoms with Gasteiger partial charge >= 0.3 is 6.03 Å². The highest BCUT2D eigenvalue weighted by atomic mass is 35.5. The molecule has 0 spiro atoms. The fraction of sp³-hybridized carbons (Fsp3) is 0.231. The second-order valence-corrected chi connectivity index (χ2v) is 8.34. The van der Waals surface area contributed by atoms with Gasteiger partial charge in [0.25, 0.3) is 5.91 Å². The lowest BCUT2D eigenvalue weighted by Gasteiger charge is -2.29. The quantitative estimate of drug-likeness (QED) is 0.528. The number of urea groups is 1. The zero-order valence-corrected chi connectivity index (χ0v) is 19.8. The number of benzene rings is 3. The third-order valence-electron chi connectivity index (χ3n) is 5.80. The van der Waals surface area contributed by atoms with Crippen LogP contribution in [-0.2, 0) is 19.5 Å². The SMILES string of the molecule is COc1cc2c(cc1OC)CN(C(=O)Nc1ccc(C(=O)NCc3ccccc3Cl)cc1)CC2. The van der Waals surface area contributed by atoms with Crippen LogP contribution in [0.2, 0.25) is 5.02 Å². The van der Waals surface area contributed by atoms with Crippen LogP contribution in [0.1, 0.15) is 27.0 Å². The van der Waals surface area contributed by atoms with Gasteiger partial charge in [0.2, 0.25) is 0 Å². The van der Waals surface area contributed by atoms with Gasteiger partial charge in [0.05, 0.1) is 14.2 Å². The lowest BCUT2D eigenvalue weighted by atomic mass is 9.99. The number of fused-ring (bicyclic) bond motifs is 1. The molecule has 1 aliphatic heterocycles. The Morgan fingerprint density at radius 1 is 0.971 bits per heavy atom. The molecule has 3 aromatic carbocycles. The van der Waals surface area contributed by atoms with Gasteiger partial charge in [-0.25, -0.2) is 4.79 Å². The molecule has 0 saturated carbocycles. The first-order chi connectivity index (χ1) is 16.5. The van der Waals surface area contributed by atoms with Crippen molar-refractivity contribution in [2.75, 3.05) is 26.1 Å². The number of halogens is 1. The number of carbonyl (C=O) groups is 2. The number of hydrogen-bond donors (Lipinski definition) is 2. The fourth-order valence-corrected chi connectivity index (χ4v) is 4.09. The van der Waals surface area contributed by atoms with Gasteiger partial charge in [0.15, 0.2) is 11.5 Å². The summed E-state index contributed by atoms with van der Waals surface area (Å²) in [6.07, 6.45) is 0.730. The van der Waals surface area contributed by atoms with Crippen molar-refractivity contribution in [3.8, 4) is 11.5 Å². The standard InChI is InChI=1S/C26H26ClN3O4/c1-33-23-13-18-11-12-30(16-20(18)14-24(23)34-2)26(32)29-21-9-7-17(8-10-21)25(31)28-15-19-5-3-4-6-22(19)27/h3-10,13-14H,11-12,15-16H2,1-2H3,(H,28,31)(H,29,32). The smallest absolute Gasteiger partial charge is 0.322 e. The maximum Gasteiger partial charge on any atom is 0.322 e. The molecule has 0 saturated heterocycles. The lowest BCUT2D eigenvalue weighted by molar-refractivity contribution is 0.0951. The van der Waals surface area contributed by atoms with Crippen molar-refractivity contribution in [1.82, 2.24) is 10.2 Å². The van der Waals surface area contributed by atoms with E-state index in [2.05, 4.69) is 10.6 Å². The minimum Gasteiger partial charge on any atom is -0.493 e. The summed E-state index contributed by atoms with van der Waals surface area (Å²) in [7, 11) is 3.21. The average molecular weight is 480 g/mol. The number of rotatable bonds is 6. The van der Waals surface area contributed by atoms with E-state index < -0.39 is 0 Å². The Morgan fingerprint density at radius 2 is 1.65 bits per heavy atom. The van der Waals surface area contributed by atoms with Crippen LogP contribution in [0.4, 0.5) is 10.5 Å². The van der Waals surface area contributed by atoms with Gasteiger partial charge in [-0.3, -0.25) is 4.79 Å². The summed E-state index contributed by atoms with van der Waals surface area (Å²) < 4.78 is 10.8. The number of carbonyl (C=O) groups excluding carboxylic acids is 2. The highest BCUT2D eigenvalue weighted by molar-refractivity contribution is 6.31. The molecule has 2 N–H and O–H groups in total. The molecular weight excluding hydrogens is 454 g/mol. The van der Waals surface area contributed by atoms with Gasteiger partial charge < -0.3 is 25.0 Å². The molecule has 0 radical (unpaired) electrons. The highest BCUT2D eigenvalue weighted by Crippen LogP contribution is 2.33. The van der Waals surface area contributed by atoms with Gasteiger partial charge in [-0.15, -0.1) is 0 Å². The summed E-state index contributed by atoms with van der Waals surface area (Å²) in [4.78, 5) is 27.0. The molecule has 1 aliphatic rings. The van der Waals surface area contributed by atoms with E-state index in [0.717, 1.165) is 23.1 Å². The molecular formula is C26H26ClN3O4. The number of ether oxygens (including phenoxy) is 2. The normalized spacial score (nSPS) is 12.5. The van der Waals surface area contributed by atoms with Gasteiger partial charge in [0.1, 0.15) is 0 Å². The predicted octanol–water partition coefficient (Wildman–Crippen LogP) is 4.88. The topological polar surface area (TPSA) is 79.9 Å². The van der Waals surface area contributed by atoms with Crippen LogP contribution in [0.25, 0.3) is 0 Å². The molecule has 0 fully saturated rings. The molecule has 0 aromatic heterocycles. The third-order valence-corrected chi connectivity index (χ3v) is 6.17. The van der Waals surface area contributed by atoms with Crippen LogP contribution in [-0.4, -0.2) is 37.6 Å². The maximum absolute atomic E-state index is 12.8. The molecule has 34 heavy (non-hydrogen) atoms. The summed E-state index contributed by atoms with van der Waals surface area (Å²) in [6.45, 7) is 1.41. The molecule has 176 valence electrons. The predicted molar refractivity (Wildman–Crippen MR) is 132 cm³/mol. The first-order valence-electron chi connectivity index (χ1n) is 10.9. The minimum absolute atomic E-state index is 0.198. The third kappa shape index (κ3) is 5.26. The van der Waals surface area contributed by atoms with Crippen molar-refractivity contribution in [3.63, 3.8) is 0 Å². The number of amides is 3. The fourth-order valence-electron chi connectivity index (χ4n) is 3.88. The highest BCUT2D eigenvalue weighted by Gasteiger charge is 2.23. The Hall–Kier alpha value is -3.71. The van der Waals surface area contributed by atoms with Crippen molar-refractivity contribution < 1.29 is 19.1 Å². The van der Waals surface area contributed by atoms with E-state index in [1.54, 1.807) is 49.5 Å². The Labute approximate surface area is 203 Å². The number of hydrogen-bond acceptors (Lipinski definition) is 4. The van der Waals surface area contributed by atoms with Gasteiger partial charge in [0, 0.05) is 35.9 Å². The van der Waals surface area contributed by atoms with Crippen molar-refractivity contribution in [3.05, 3.63) is 87.9 Å². The summed E-state index contributed by atoms with van der Waals surface area (Å²) in [5.41, 5.74) is 4.14. The van der Waals surface area contributed by atoms with E-state index in [1.165, 1.54) is 0 Å². The Morgan fingerprint density at radius 3 is 2.32 bits per heavy atom. The Balaban J connectivity index is 1.35. The molecule has 0 unspecified atom stereocenters. The summed E-state index contributed by atoms with van der Waals surface area (Å²) in [5, 5.41) is 6.37. The maximum atomic E-state index is 12.8. The van der Waals surface area contributed by atoms with Crippen molar-refractivity contribution in [2.24, 2.45) is 0 Å². The molecule has 4 rings (SSSR count). The Kier molecular flexibility index (Phi) is 7.23. The zero-order valence-electron chi connectivity index (χ0n) is 19.1. The van der Waals surface area contributed by atoms with Crippen LogP contribution in [0.5, 0.6) is 11.5 Å². The van der Waals surface area contributed by atoms with Gasteiger partial charge in [-0.2, -0.15) is 0 Å². The van der Waals surface area contributed by atoms with Crippen molar-refractivity contribution in [2.45, 2.75) is 19.5 Å². The number of nitrogens with one attached hydrogen (secondary N) is 2.